The van der Waals surface area contributed by atoms with Crippen LogP contribution in [0.2, 0.25) is 0 Å². The number of methoxy groups -OCH3 is 1. The Morgan fingerprint density at radius 1 is 1.39 bits per heavy atom. The molecular weight excluding hydrogens is 296 g/mol. The van der Waals surface area contributed by atoms with Crippen LogP contribution < -0.4 is 10.1 Å². The van der Waals surface area contributed by atoms with Gasteiger partial charge in [0, 0.05) is 6.20 Å². The van der Waals surface area contributed by atoms with Gasteiger partial charge in [-0.3, -0.25) is 4.98 Å². The summed E-state index contributed by atoms with van der Waals surface area (Å²) in [6, 6.07) is 3.94. The van der Waals surface area contributed by atoms with E-state index in [0.717, 1.165) is 15.7 Å². The predicted octanol–water partition coefficient (Wildman–Crippen LogP) is 2.56. The molecule has 1 N–H and O–H groups in total. The van der Waals surface area contributed by atoms with Gasteiger partial charge in [0.25, 0.3) is 0 Å². The average Bonchev–Trinajstić information content (AvgIpc) is 2.39. The van der Waals surface area contributed by atoms with E-state index in [1.54, 1.807) is 19.5 Å². The Labute approximate surface area is 114 Å². The fourth-order valence-corrected chi connectivity index (χ4v) is 1.80. The number of rotatable bonds is 4. The topological polar surface area (TPSA) is 59.9 Å². The van der Waals surface area contributed by atoms with Crippen molar-refractivity contribution in [3.05, 3.63) is 40.3 Å². The largest absolute Gasteiger partial charge is 0.480 e. The van der Waals surface area contributed by atoms with Crippen molar-refractivity contribution in [3.8, 4) is 5.88 Å². The summed E-state index contributed by atoms with van der Waals surface area (Å²) < 4.78 is 5.83. The van der Waals surface area contributed by atoms with Crippen molar-refractivity contribution in [1.29, 1.82) is 0 Å². The molecule has 0 amide bonds. The molecule has 0 spiro atoms. The third kappa shape index (κ3) is 2.95. The van der Waals surface area contributed by atoms with Crippen LogP contribution in [-0.4, -0.2) is 22.1 Å². The number of anilines is 1. The lowest BCUT2D eigenvalue weighted by molar-refractivity contribution is 0.394. The Kier molecular flexibility index (Phi) is 4.09. The first kappa shape index (κ1) is 12.8. The van der Waals surface area contributed by atoms with Crippen molar-refractivity contribution < 1.29 is 4.74 Å². The number of aryl methyl sites for hydroxylation is 1. The highest BCUT2D eigenvalue weighted by molar-refractivity contribution is 9.10. The van der Waals surface area contributed by atoms with Gasteiger partial charge in [-0.15, -0.1) is 0 Å². The molecule has 2 rings (SSSR count). The normalized spacial score (nSPS) is 10.2. The van der Waals surface area contributed by atoms with Gasteiger partial charge in [-0.2, -0.15) is 4.98 Å². The van der Waals surface area contributed by atoms with Crippen LogP contribution in [0.4, 0.5) is 5.95 Å². The molecule has 94 valence electrons. The zero-order valence-corrected chi connectivity index (χ0v) is 11.7. The van der Waals surface area contributed by atoms with Crippen LogP contribution in [0.5, 0.6) is 5.88 Å². The summed E-state index contributed by atoms with van der Waals surface area (Å²) in [6.45, 7) is 2.60. The number of halogens is 1. The van der Waals surface area contributed by atoms with E-state index in [0.29, 0.717) is 18.4 Å². The fourth-order valence-electron chi connectivity index (χ4n) is 1.45. The van der Waals surface area contributed by atoms with Gasteiger partial charge in [0.1, 0.15) is 0 Å². The van der Waals surface area contributed by atoms with Gasteiger partial charge < -0.3 is 10.1 Å². The molecule has 0 radical (unpaired) electrons. The van der Waals surface area contributed by atoms with Gasteiger partial charge in [0.05, 0.1) is 30.0 Å². The molecule has 0 aliphatic rings. The summed E-state index contributed by atoms with van der Waals surface area (Å²) in [5.74, 6) is 1.02. The van der Waals surface area contributed by atoms with Gasteiger partial charge in [-0.05, 0) is 34.5 Å². The number of nitrogens with one attached hydrogen (secondary N) is 1. The monoisotopic (exact) mass is 308 g/mol. The molecule has 0 unspecified atom stereocenters. The van der Waals surface area contributed by atoms with Crippen LogP contribution in [0.25, 0.3) is 0 Å². The van der Waals surface area contributed by atoms with Crippen LogP contribution >= 0.6 is 15.9 Å². The summed E-state index contributed by atoms with van der Waals surface area (Å²) in [5.41, 5.74) is 2.11. The smallest absolute Gasteiger partial charge is 0.232 e. The van der Waals surface area contributed by atoms with E-state index < -0.39 is 0 Å². The van der Waals surface area contributed by atoms with E-state index >= 15 is 0 Å². The zero-order valence-electron chi connectivity index (χ0n) is 10.1. The molecule has 18 heavy (non-hydrogen) atoms. The highest BCUT2D eigenvalue weighted by atomic mass is 79.9. The van der Waals surface area contributed by atoms with Crippen LogP contribution in [0, 0.1) is 6.92 Å². The van der Waals surface area contributed by atoms with E-state index in [1.807, 2.05) is 19.1 Å². The van der Waals surface area contributed by atoms with E-state index in [4.69, 9.17) is 4.74 Å². The third-order valence-corrected chi connectivity index (χ3v) is 2.98. The lowest BCUT2D eigenvalue weighted by Crippen LogP contribution is -2.07. The lowest BCUT2D eigenvalue weighted by Gasteiger charge is -2.08. The van der Waals surface area contributed by atoms with Crippen molar-refractivity contribution in [1.82, 2.24) is 15.0 Å². The fraction of sp³-hybridized carbons (Fsp3) is 0.250. The van der Waals surface area contributed by atoms with E-state index in [2.05, 4.69) is 36.2 Å². The molecule has 0 aromatic carbocycles. The highest BCUT2D eigenvalue weighted by Gasteiger charge is 2.05. The molecule has 0 saturated heterocycles. The van der Waals surface area contributed by atoms with Crippen molar-refractivity contribution in [3.63, 3.8) is 0 Å². The Morgan fingerprint density at radius 2 is 2.22 bits per heavy atom. The second-order valence-electron chi connectivity index (χ2n) is 3.67. The number of pyridine rings is 1. The summed E-state index contributed by atoms with van der Waals surface area (Å²) in [4.78, 5) is 12.7. The predicted molar refractivity (Wildman–Crippen MR) is 72.6 cm³/mol. The third-order valence-electron chi connectivity index (χ3n) is 2.44. The van der Waals surface area contributed by atoms with Crippen LogP contribution in [0.1, 0.15) is 11.3 Å². The van der Waals surface area contributed by atoms with E-state index in [9.17, 15) is 0 Å². The minimum atomic E-state index is 0.505. The first-order valence-corrected chi connectivity index (χ1v) is 6.21. The van der Waals surface area contributed by atoms with E-state index in [1.165, 1.54) is 0 Å². The Morgan fingerprint density at radius 3 is 2.94 bits per heavy atom. The van der Waals surface area contributed by atoms with Gasteiger partial charge >= 0.3 is 0 Å². The molecule has 6 heteroatoms. The molecule has 2 aromatic heterocycles. The molecule has 0 aliphatic carbocycles. The standard InChI is InChI=1S/C12H13BrN4O/c1-8-4-3-5-14-10(8)7-16-12-15-6-9(13)11(17-12)18-2/h3-6H,7H2,1-2H3,(H,15,16,17). The summed E-state index contributed by atoms with van der Waals surface area (Å²) in [6.07, 6.45) is 3.42. The lowest BCUT2D eigenvalue weighted by atomic mass is 10.2. The molecule has 0 saturated carbocycles. The number of ether oxygens (including phenoxy) is 1. The summed E-state index contributed by atoms with van der Waals surface area (Å²) >= 11 is 3.31. The van der Waals surface area contributed by atoms with Gasteiger partial charge in [-0.25, -0.2) is 4.98 Å². The molecule has 5 nitrogen and oxygen atoms in total. The molecule has 0 fully saturated rings. The maximum Gasteiger partial charge on any atom is 0.232 e. The van der Waals surface area contributed by atoms with Crippen molar-refractivity contribution >= 4 is 21.9 Å². The second-order valence-corrected chi connectivity index (χ2v) is 4.53. The first-order chi connectivity index (χ1) is 8.70. The summed E-state index contributed by atoms with van der Waals surface area (Å²) in [5, 5.41) is 3.12. The highest BCUT2D eigenvalue weighted by Crippen LogP contribution is 2.21. The quantitative estimate of drug-likeness (QED) is 0.940. The molecule has 0 aliphatic heterocycles. The number of hydrogen-bond donors (Lipinski definition) is 1. The number of nitrogens with zero attached hydrogens (tertiary/aromatic N) is 3. The van der Waals surface area contributed by atoms with Crippen molar-refractivity contribution in [2.45, 2.75) is 13.5 Å². The number of hydrogen-bond acceptors (Lipinski definition) is 5. The maximum absolute atomic E-state index is 5.11. The average molecular weight is 309 g/mol. The van der Waals surface area contributed by atoms with Crippen molar-refractivity contribution in [2.75, 3.05) is 12.4 Å². The van der Waals surface area contributed by atoms with Crippen LogP contribution in [0.15, 0.2) is 29.0 Å². The molecule has 0 atom stereocenters. The Bertz CT molecular complexity index is 547. The first-order valence-electron chi connectivity index (χ1n) is 5.41. The SMILES string of the molecule is COc1nc(NCc2ncccc2C)ncc1Br. The number of aromatic nitrogens is 3. The minimum Gasteiger partial charge on any atom is -0.480 e. The Balaban J connectivity index is 2.09. The van der Waals surface area contributed by atoms with Gasteiger partial charge in [-0.1, -0.05) is 6.07 Å². The maximum atomic E-state index is 5.11. The second kappa shape index (κ2) is 5.77. The van der Waals surface area contributed by atoms with E-state index in [-0.39, 0.29) is 0 Å². The zero-order chi connectivity index (χ0) is 13.0. The molecule has 0 bridgehead atoms. The van der Waals surface area contributed by atoms with Gasteiger partial charge in [0.15, 0.2) is 0 Å². The van der Waals surface area contributed by atoms with Crippen LogP contribution in [-0.2, 0) is 6.54 Å². The summed E-state index contributed by atoms with van der Waals surface area (Å²) in [7, 11) is 1.57. The van der Waals surface area contributed by atoms with Gasteiger partial charge in [0.2, 0.25) is 11.8 Å². The molecule has 2 heterocycles. The minimum absolute atomic E-state index is 0.505. The molecular formula is C12H13BrN4O. The van der Waals surface area contributed by atoms with Crippen molar-refractivity contribution in [2.24, 2.45) is 0 Å². The van der Waals surface area contributed by atoms with Crippen LogP contribution in [0.3, 0.4) is 0 Å². The molecule has 2 aromatic rings. The Hall–Kier alpha value is -1.69.